The number of amides is 3. The number of carbonyl (C=O) groups is 3. The predicted molar refractivity (Wildman–Crippen MR) is 77.9 cm³/mol. The van der Waals surface area contributed by atoms with Crippen molar-refractivity contribution in [2.24, 2.45) is 5.41 Å². The zero-order valence-corrected chi connectivity index (χ0v) is 12.8. The first-order valence-corrected chi connectivity index (χ1v) is 7.28. The smallest absolute Gasteiger partial charge is 0.316 e. The zero-order chi connectivity index (χ0) is 15.9. The summed E-state index contributed by atoms with van der Waals surface area (Å²) in [5.74, 6) is -0.986. The lowest BCUT2D eigenvalue weighted by Gasteiger charge is -2.26. The highest BCUT2D eigenvalue weighted by atomic mass is 16.4. The Morgan fingerprint density at radius 3 is 2.14 bits per heavy atom. The fraction of sp³-hybridized carbons (Fsp3) is 0.786. The van der Waals surface area contributed by atoms with Gasteiger partial charge in [0.25, 0.3) is 0 Å². The lowest BCUT2D eigenvalue weighted by molar-refractivity contribution is -0.140. The van der Waals surface area contributed by atoms with Gasteiger partial charge in [0.2, 0.25) is 5.91 Å². The molecule has 0 heterocycles. The summed E-state index contributed by atoms with van der Waals surface area (Å²) in [6.45, 7) is 0.705. The number of carboxylic acids is 1. The van der Waals surface area contributed by atoms with Crippen LogP contribution in [-0.2, 0) is 9.59 Å². The molecule has 1 saturated carbocycles. The largest absolute Gasteiger partial charge is 0.481 e. The van der Waals surface area contributed by atoms with E-state index < -0.39 is 5.97 Å². The predicted octanol–water partition coefficient (Wildman–Crippen LogP) is 0.799. The van der Waals surface area contributed by atoms with E-state index in [4.69, 9.17) is 5.11 Å². The first-order valence-electron chi connectivity index (χ1n) is 7.28. The monoisotopic (exact) mass is 299 g/mol. The lowest BCUT2D eigenvalue weighted by atomic mass is 9.79. The summed E-state index contributed by atoms with van der Waals surface area (Å²) in [5.41, 5.74) is -0.386. The van der Waals surface area contributed by atoms with Crippen LogP contribution < -0.4 is 10.6 Å². The van der Waals surface area contributed by atoms with Crippen LogP contribution in [0.3, 0.4) is 0 Å². The normalized spacial score (nSPS) is 16.3. The third kappa shape index (κ3) is 6.01. The molecule has 0 bridgehead atoms. The topological polar surface area (TPSA) is 98.7 Å². The van der Waals surface area contributed by atoms with Crippen LogP contribution >= 0.6 is 0 Å². The lowest BCUT2D eigenvalue weighted by Crippen LogP contribution is -2.40. The first kappa shape index (κ1) is 17.3. The number of carbonyl (C=O) groups excluding carboxylic acids is 2. The average Bonchev–Trinajstić information content (AvgIpc) is 2.81. The van der Waals surface area contributed by atoms with E-state index in [0.29, 0.717) is 13.1 Å². The summed E-state index contributed by atoms with van der Waals surface area (Å²) in [5, 5.41) is 14.4. The van der Waals surface area contributed by atoms with Gasteiger partial charge in [-0.15, -0.1) is 0 Å². The van der Waals surface area contributed by atoms with Crippen molar-refractivity contribution in [3.8, 4) is 0 Å². The molecule has 0 unspecified atom stereocenters. The fourth-order valence-corrected chi connectivity index (χ4v) is 2.79. The number of rotatable bonds is 7. The highest BCUT2D eigenvalue weighted by Crippen LogP contribution is 2.43. The number of aliphatic carboxylic acids is 1. The van der Waals surface area contributed by atoms with E-state index in [2.05, 4.69) is 10.6 Å². The van der Waals surface area contributed by atoms with E-state index in [-0.39, 0.29) is 30.2 Å². The molecule has 0 spiro atoms. The molecule has 1 rings (SSSR count). The minimum absolute atomic E-state index is 0.0534. The maximum atomic E-state index is 11.9. The van der Waals surface area contributed by atoms with E-state index in [1.807, 2.05) is 0 Å². The van der Waals surface area contributed by atoms with Crippen LogP contribution in [0.25, 0.3) is 0 Å². The molecule has 0 saturated heterocycles. The molecule has 3 amide bonds. The molecule has 0 radical (unpaired) electrons. The van der Waals surface area contributed by atoms with Crippen LogP contribution in [-0.4, -0.2) is 55.1 Å². The fourth-order valence-electron chi connectivity index (χ4n) is 2.79. The van der Waals surface area contributed by atoms with Crippen LogP contribution in [0.5, 0.6) is 0 Å². The Morgan fingerprint density at radius 2 is 1.62 bits per heavy atom. The van der Waals surface area contributed by atoms with Gasteiger partial charge in [0.1, 0.15) is 0 Å². The van der Waals surface area contributed by atoms with Crippen molar-refractivity contribution in [1.82, 2.24) is 15.5 Å². The molecule has 120 valence electrons. The SMILES string of the molecule is CN(C)C(=O)NCCNC(=O)CC1(CC(=O)O)CCCC1. The second kappa shape index (κ2) is 7.85. The van der Waals surface area contributed by atoms with E-state index in [1.54, 1.807) is 14.1 Å². The molecular formula is C14H25N3O4. The molecule has 1 aliphatic carbocycles. The van der Waals surface area contributed by atoms with Crippen molar-refractivity contribution in [1.29, 1.82) is 0 Å². The Balaban J connectivity index is 2.31. The molecule has 1 fully saturated rings. The molecule has 0 atom stereocenters. The molecule has 1 aliphatic rings. The molecule has 0 aromatic rings. The Hall–Kier alpha value is -1.79. The van der Waals surface area contributed by atoms with Crippen LogP contribution in [0.1, 0.15) is 38.5 Å². The number of carboxylic acid groups (broad SMARTS) is 1. The van der Waals surface area contributed by atoms with Gasteiger partial charge in [-0.1, -0.05) is 12.8 Å². The maximum absolute atomic E-state index is 11.9. The van der Waals surface area contributed by atoms with E-state index in [9.17, 15) is 14.4 Å². The van der Waals surface area contributed by atoms with Gasteiger partial charge >= 0.3 is 12.0 Å². The van der Waals surface area contributed by atoms with E-state index >= 15 is 0 Å². The third-order valence-electron chi connectivity index (χ3n) is 3.86. The zero-order valence-electron chi connectivity index (χ0n) is 12.8. The van der Waals surface area contributed by atoms with Crippen molar-refractivity contribution >= 4 is 17.9 Å². The van der Waals surface area contributed by atoms with Crippen molar-refractivity contribution in [3.63, 3.8) is 0 Å². The van der Waals surface area contributed by atoms with Crippen molar-refractivity contribution in [2.75, 3.05) is 27.2 Å². The van der Waals surface area contributed by atoms with Crippen LogP contribution in [0.2, 0.25) is 0 Å². The Labute approximate surface area is 125 Å². The summed E-state index contributed by atoms with van der Waals surface area (Å²) in [7, 11) is 3.29. The number of hydrogen-bond acceptors (Lipinski definition) is 3. The maximum Gasteiger partial charge on any atom is 0.316 e. The molecule has 0 aromatic heterocycles. The van der Waals surface area contributed by atoms with Gasteiger partial charge in [-0.2, -0.15) is 0 Å². The van der Waals surface area contributed by atoms with Crippen LogP contribution in [0, 0.1) is 5.41 Å². The highest BCUT2D eigenvalue weighted by molar-refractivity contribution is 5.78. The number of hydrogen-bond donors (Lipinski definition) is 3. The Kier molecular flexibility index (Phi) is 6.45. The summed E-state index contributed by atoms with van der Waals surface area (Å²) in [4.78, 5) is 35.6. The van der Waals surface area contributed by atoms with E-state index in [0.717, 1.165) is 25.7 Å². The second-order valence-corrected chi connectivity index (χ2v) is 5.93. The Bertz CT molecular complexity index is 390. The molecular weight excluding hydrogens is 274 g/mol. The Morgan fingerprint density at radius 1 is 1.05 bits per heavy atom. The quantitative estimate of drug-likeness (QED) is 0.605. The molecule has 3 N–H and O–H groups in total. The van der Waals surface area contributed by atoms with Gasteiger partial charge in [0.15, 0.2) is 0 Å². The van der Waals surface area contributed by atoms with Crippen molar-refractivity contribution in [2.45, 2.75) is 38.5 Å². The summed E-state index contributed by atoms with van der Waals surface area (Å²) in [6, 6.07) is -0.206. The van der Waals surface area contributed by atoms with Gasteiger partial charge in [-0.25, -0.2) is 4.79 Å². The molecule has 21 heavy (non-hydrogen) atoms. The number of nitrogens with zero attached hydrogens (tertiary/aromatic N) is 1. The summed E-state index contributed by atoms with van der Waals surface area (Å²) < 4.78 is 0. The first-order chi connectivity index (χ1) is 9.84. The van der Waals surface area contributed by atoms with Crippen LogP contribution in [0.4, 0.5) is 4.79 Å². The third-order valence-corrected chi connectivity index (χ3v) is 3.86. The minimum Gasteiger partial charge on any atom is -0.481 e. The number of urea groups is 1. The molecule has 7 nitrogen and oxygen atoms in total. The van der Waals surface area contributed by atoms with Gasteiger partial charge in [0.05, 0.1) is 6.42 Å². The van der Waals surface area contributed by atoms with Crippen molar-refractivity contribution < 1.29 is 19.5 Å². The summed E-state index contributed by atoms with van der Waals surface area (Å²) in [6.07, 6.45) is 3.87. The second-order valence-electron chi connectivity index (χ2n) is 5.93. The summed E-state index contributed by atoms with van der Waals surface area (Å²) >= 11 is 0. The van der Waals surface area contributed by atoms with Gasteiger partial charge < -0.3 is 20.6 Å². The number of nitrogens with one attached hydrogen (secondary N) is 2. The highest BCUT2D eigenvalue weighted by Gasteiger charge is 2.37. The van der Waals surface area contributed by atoms with Gasteiger partial charge in [0, 0.05) is 33.6 Å². The molecule has 0 aromatic carbocycles. The van der Waals surface area contributed by atoms with Crippen molar-refractivity contribution in [3.05, 3.63) is 0 Å². The van der Waals surface area contributed by atoms with E-state index in [1.165, 1.54) is 4.90 Å². The standard InChI is InChI=1S/C14H25N3O4/c1-17(2)13(21)16-8-7-15-11(18)9-14(10-12(19)20)5-3-4-6-14/h3-10H2,1-2H3,(H,15,18)(H,16,21)(H,19,20). The molecule has 7 heteroatoms. The minimum atomic E-state index is -0.844. The van der Waals surface area contributed by atoms with Gasteiger partial charge in [-0.05, 0) is 18.3 Å². The van der Waals surface area contributed by atoms with Crippen LogP contribution in [0.15, 0.2) is 0 Å². The van der Waals surface area contributed by atoms with Gasteiger partial charge in [-0.3, -0.25) is 9.59 Å². The molecule has 0 aliphatic heterocycles. The average molecular weight is 299 g/mol.